The van der Waals surface area contributed by atoms with Crippen molar-refractivity contribution in [2.24, 2.45) is 0 Å². The number of hydrogen-bond acceptors (Lipinski definition) is 5. The van der Waals surface area contributed by atoms with Crippen molar-refractivity contribution < 1.29 is 14.3 Å². The zero-order valence-electron chi connectivity index (χ0n) is 13.8. The van der Waals surface area contributed by atoms with Gasteiger partial charge in [-0.15, -0.1) is 11.3 Å². The van der Waals surface area contributed by atoms with Gasteiger partial charge in [0.25, 0.3) is 5.91 Å². The molecule has 1 N–H and O–H groups in total. The van der Waals surface area contributed by atoms with Crippen LogP contribution in [-0.2, 0) is 0 Å². The Kier molecular flexibility index (Phi) is 6.01. The van der Waals surface area contributed by atoms with Crippen LogP contribution in [0.3, 0.4) is 0 Å². The van der Waals surface area contributed by atoms with E-state index in [2.05, 4.69) is 16.3 Å². The van der Waals surface area contributed by atoms with Gasteiger partial charge in [0, 0.05) is 17.0 Å². The molecule has 1 aromatic heterocycles. The molecule has 0 spiro atoms. The smallest absolute Gasteiger partial charge is 0.251 e. The molecule has 1 amide bonds. The van der Waals surface area contributed by atoms with Gasteiger partial charge < -0.3 is 19.7 Å². The molecule has 0 aliphatic carbocycles. The van der Waals surface area contributed by atoms with Gasteiger partial charge in [-0.25, -0.2) is 0 Å². The van der Waals surface area contributed by atoms with Crippen LogP contribution in [0.15, 0.2) is 35.7 Å². The van der Waals surface area contributed by atoms with Crippen LogP contribution in [0, 0.1) is 0 Å². The van der Waals surface area contributed by atoms with Crippen molar-refractivity contribution in [3.8, 4) is 11.5 Å². The second kappa shape index (κ2) is 7.99. The van der Waals surface area contributed by atoms with Crippen LogP contribution in [0.1, 0.15) is 21.3 Å². The summed E-state index contributed by atoms with van der Waals surface area (Å²) in [4.78, 5) is 15.7. The van der Waals surface area contributed by atoms with Crippen molar-refractivity contribution in [3.63, 3.8) is 0 Å². The summed E-state index contributed by atoms with van der Waals surface area (Å²) in [5, 5.41) is 5.03. The average molecular weight is 334 g/mol. The number of benzene rings is 1. The average Bonchev–Trinajstić information content (AvgIpc) is 3.08. The predicted octanol–water partition coefficient (Wildman–Crippen LogP) is 2.80. The maximum atomic E-state index is 12.4. The summed E-state index contributed by atoms with van der Waals surface area (Å²) in [5.74, 6) is 1.02. The molecule has 6 heteroatoms. The first kappa shape index (κ1) is 17.3. The van der Waals surface area contributed by atoms with Crippen LogP contribution in [0.4, 0.5) is 0 Å². The third-order valence-corrected chi connectivity index (χ3v) is 4.57. The van der Waals surface area contributed by atoms with Gasteiger partial charge in [-0.05, 0) is 43.7 Å². The maximum absolute atomic E-state index is 12.4. The molecule has 5 nitrogen and oxygen atoms in total. The van der Waals surface area contributed by atoms with E-state index in [9.17, 15) is 4.79 Å². The van der Waals surface area contributed by atoms with Gasteiger partial charge in [-0.3, -0.25) is 4.79 Å². The van der Waals surface area contributed by atoms with Crippen molar-refractivity contribution in [2.45, 2.75) is 6.04 Å². The minimum absolute atomic E-state index is 0.130. The van der Waals surface area contributed by atoms with Crippen LogP contribution in [0.25, 0.3) is 0 Å². The number of amides is 1. The Morgan fingerprint density at radius 2 is 1.96 bits per heavy atom. The highest BCUT2D eigenvalue weighted by Crippen LogP contribution is 2.27. The fourth-order valence-corrected chi connectivity index (χ4v) is 3.21. The SMILES string of the molecule is COc1ccc(C(=O)NC[C@@H](c2cccs2)N(C)C)cc1OC. The molecule has 1 atom stereocenters. The van der Waals surface area contributed by atoms with E-state index in [1.807, 2.05) is 25.5 Å². The molecule has 0 saturated heterocycles. The quantitative estimate of drug-likeness (QED) is 0.846. The van der Waals surface area contributed by atoms with Gasteiger partial charge in [0.05, 0.1) is 20.3 Å². The van der Waals surface area contributed by atoms with Gasteiger partial charge in [-0.2, -0.15) is 0 Å². The molecular weight excluding hydrogens is 312 g/mol. The van der Waals surface area contributed by atoms with Crippen LogP contribution >= 0.6 is 11.3 Å². The summed E-state index contributed by atoms with van der Waals surface area (Å²) in [7, 11) is 7.14. The maximum Gasteiger partial charge on any atom is 0.251 e. The number of hydrogen-bond donors (Lipinski definition) is 1. The van der Waals surface area contributed by atoms with E-state index < -0.39 is 0 Å². The Bertz CT molecular complexity index is 641. The minimum Gasteiger partial charge on any atom is -0.493 e. The lowest BCUT2D eigenvalue weighted by atomic mass is 10.1. The molecule has 0 radical (unpaired) electrons. The van der Waals surface area contributed by atoms with Crippen molar-refractivity contribution in [2.75, 3.05) is 34.9 Å². The van der Waals surface area contributed by atoms with E-state index in [4.69, 9.17) is 9.47 Å². The number of carbonyl (C=O) groups is 1. The molecular formula is C17H22N2O3S. The molecule has 0 saturated carbocycles. The summed E-state index contributed by atoms with van der Waals surface area (Å²) in [6.45, 7) is 0.542. The zero-order valence-corrected chi connectivity index (χ0v) is 14.6. The predicted molar refractivity (Wildman–Crippen MR) is 92.6 cm³/mol. The topological polar surface area (TPSA) is 50.8 Å². The number of rotatable bonds is 7. The van der Waals surface area contributed by atoms with Crippen LogP contribution < -0.4 is 14.8 Å². The number of nitrogens with zero attached hydrogens (tertiary/aromatic N) is 1. The van der Waals surface area contributed by atoms with Crippen molar-refractivity contribution in [1.82, 2.24) is 10.2 Å². The summed E-state index contributed by atoms with van der Waals surface area (Å²) < 4.78 is 10.4. The van der Waals surface area contributed by atoms with E-state index >= 15 is 0 Å². The number of methoxy groups -OCH3 is 2. The molecule has 0 aliphatic rings. The molecule has 2 aromatic rings. The molecule has 0 bridgehead atoms. The van der Waals surface area contributed by atoms with E-state index in [-0.39, 0.29) is 11.9 Å². The lowest BCUT2D eigenvalue weighted by Gasteiger charge is -2.23. The van der Waals surface area contributed by atoms with Crippen LogP contribution in [-0.4, -0.2) is 45.7 Å². The zero-order chi connectivity index (χ0) is 16.8. The first-order chi connectivity index (χ1) is 11.1. The van der Waals surface area contributed by atoms with Crippen LogP contribution in [0.2, 0.25) is 0 Å². The Balaban J connectivity index is 2.06. The molecule has 0 fully saturated rings. The number of likely N-dealkylation sites (N-methyl/N-ethyl adjacent to an activating group) is 1. The second-order valence-electron chi connectivity index (χ2n) is 5.27. The first-order valence-electron chi connectivity index (χ1n) is 7.27. The van der Waals surface area contributed by atoms with Gasteiger partial charge in [0.1, 0.15) is 0 Å². The first-order valence-corrected chi connectivity index (χ1v) is 8.14. The van der Waals surface area contributed by atoms with Gasteiger partial charge in [0.2, 0.25) is 0 Å². The van der Waals surface area contributed by atoms with Crippen molar-refractivity contribution >= 4 is 17.2 Å². The standard InChI is InChI=1S/C17H22N2O3S/c1-19(2)13(16-6-5-9-23-16)11-18-17(20)12-7-8-14(21-3)15(10-12)22-4/h5-10,13H,11H2,1-4H3,(H,18,20)/t13-/m0/s1. The Morgan fingerprint density at radius 1 is 1.22 bits per heavy atom. The van der Waals surface area contributed by atoms with E-state index in [1.165, 1.54) is 4.88 Å². The lowest BCUT2D eigenvalue weighted by Crippen LogP contribution is -2.34. The normalized spacial score (nSPS) is 12.0. The summed E-state index contributed by atoms with van der Waals surface area (Å²) in [6.07, 6.45) is 0. The highest BCUT2D eigenvalue weighted by atomic mass is 32.1. The van der Waals surface area contributed by atoms with Crippen molar-refractivity contribution in [1.29, 1.82) is 0 Å². The Morgan fingerprint density at radius 3 is 2.52 bits per heavy atom. The minimum atomic E-state index is -0.130. The van der Waals surface area contributed by atoms with Crippen LogP contribution in [0.5, 0.6) is 11.5 Å². The lowest BCUT2D eigenvalue weighted by molar-refractivity contribution is 0.0942. The molecule has 1 heterocycles. The molecule has 2 rings (SSSR count). The highest BCUT2D eigenvalue weighted by molar-refractivity contribution is 7.10. The molecule has 23 heavy (non-hydrogen) atoms. The Labute approximate surface area is 140 Å². The molecule has 0 aliphatic heterocycles. The van der Waals surface area contributed by atoms with Gasteiger partial charge in [-0.1, -0.05) is 6.07 Å². The fourth-order valence-electron chi connectivity index (χ4n) is 2.29. The monoisotopic (exact) mass is 334 g/mol. The highest BCUT2D eigenvalue weighted by Gasteiger charge is 2.17. The number of carbonyl (C=O) groups excluding carboxylic acids is 1. The summed E-state index contributed by atoms with van der Waals surface area (Å²) >= 11 is 1.69. The molecule has 124 valence electrons. The molecule has 0 unspecified atom stereocenters. The number of nitrogens with one attached hydrogen (secondary N) is 1. The summed E-state index contributed by atoms with van der Waals surface area (Å²) in [6, 6.07) is 9.40. The third-order valence-electron chi connectivity index (χ3n) is 3.60. The second-order valence-corrected chi connectivity index (χ2v) is 6.25. The fraction of sp³-hybridized carbons (Fsp3) is 0.353. The Hall–Kier alpha value is -2.05. The van der Waals surface area contributed by atoms with E-state index in [0.717, 1.165) is 0 Å². The van der Waals surface area contributed by atoms with Crippen molar-refractivity contribution in [3.05, 3.63) is 46.2 Å². The van der Waals surface area contributed by atoms with E-state index in [0.29, 0.717) is 23.6 Å². The third kappa shape index (κ3) is 4.24. The van der Waals surface area contributed by atoms with Gasteiger partial charge >= 0.3 is 0 Å². The number of thiophene rings is 1. The molecule has 1 aromatic carbocycles. The number of ether oxygens (including phenoxy) is 2. The van der Waals surface area contributed by atoms with E-state index in [1.54, 1.807) is 43.8 Å². The van der Waals surface area contributed by atoms with Gasteiger partial charge in [0.15, 0.2) is 11.5 Å². The largest absolute Gasteiger partial charge is 0.493 e. The summed E-state index contributed by atoms with van der Waals surface area (Å²) in [5.41, 5.74) is 0.548.